The molecular formula is C22H24FN5O3. The second-order valence-corrected chi connectivity index (χ2v) is 7.31. The molecule has 1 aliphatic heterocycles. The molecule has 2 aromatic heterocycles. The van der Waals surface area contributed by atoms with E-state index in [1.807, 2.05) is 38.2 Å². The number of ether oxygens (including phenoxy) is 2. The minimum Gasteiger partial charge on any atom is -0.484 e. The van der Waals surface area contributed by atoms with E-state index in [0.717, 1.165) is 11.4 Å². The number of pyridine rings is 1. The smallest absolute Gasteiger partial charge is 0.260 e. The molecule has 1 fully saturated rings. The van der Waals surface area contributed by atoms with Crippen LogP contribution in [0.25, 0.3) is 0 Å². The minimum atomic E-state index is -0.350. The summed E-state index contributed by atoms with van der Waals surface area (Å²) in [7, 11) is 1.88. The van der Waals surface area contributed by atoms with Crippen molar-refractivity contribution in [3.05, 3.63) is 65.7 Å². The van der Waals surface area contributed by atoms with Gasteiger partial charge in [0.25, 0.3) is 5.91 Å². The fourth-order valence-corrected chi connectivity index (χ4v) is 3.28. The standard InChI is InChI=1S/C22H24FN5O3/c1-15-12-21(26-27(15)2)25-20-5-3-4-18(24-20)19-13-28(10-11-30-19)22(29)14-31-17-8-6-16(23)7-9-17/h3-9,12,19H,10-11,13-14H2,1-2H3,(H,24,25,26)/t19-/m1/s1. The molecule has 1 saturated heterocycles. The summed E-state index contributed by atoms with van der Waals surface area (Å²) in [5, 5.41) is 7.58. The summed E-state index contributed by atoms with van der Waals surface area (Å²) in [6, 6.07) is 13.1. The van der Waals surface area contributed by atoms with Gasteiger partial charge in [0.1, 0.15) is 23.5 Å². The summed E-state index contributed by atoms with van der Waals surface area (Å²) < 4.78 is 26.1. The van der Waals surface area contributed by atoms with Gasteiger partial charge in [-0.15, -0.1) is 0 Å². The second kappa shape index (κ2) is 9.13. The van der Waals surface area contributed by atoms with Crippen molar-refractivity contribution in [3.8, 4) is 5.75 Å². The Labute approximate surface area is 179 Å². The van der Waals surface area contributed by atoms with Crippen LogP contribution in [0.5, 0.6) is 5.75 Å². The first-order chi connectivity index (χ1) is 15.0. The van der Waals surface area contributed by atoms with E-state index in [4.69, 9.17) is 9.47 Å². The summed E-state index contributed by atoms with van der Waals surface area (Å²) in [4.78, 5) is 18.9. The molecular weight excluding hydrogens is 401 g/mol. The lowest BCUT2D eigenvalue weighted by molar-refractivity contribution is -0.141. The SMILES string of the molecule is Cc1cc(Nc2cccc([C@H]3CN(C(=O)COc4ccc(F)cc4)CCO3)n2)nn1C. The number of halogens is 1. The number of carbonyl (C=O) groups excluding carboxylic acids is 1. The van der Waals surface area contributed by atoms with Crippen molar-refractivity contribution >= 4 is 17.5 Å². The first kappa shape index (κ1) is 20.8. The van der Waals surface area contributed by atoms with Gasteiger partial charge >= 0.3 is 0 Å². The van der Waals surface area contributed by atoms with Gasteiger partial charge in [-0.2, -0.15) is 5.10 Å². The third kappa shape index (κ3) is 5.18. The molecule has 1 aromatic carbocycles. The van der Waals surface area contributed by atoms with Crippen molar-refractivity contribution in [1.29, 1.82) is 0 Å². The monoisotopic (exact) mass is 425 g/mol. The van der Waals surface area contributed by atoms with E-state index >= 15 is 0 Å². The number of aromatic nitrogens is 3. The maximum atomic E-state index is 13.0. The van der Waals surface area contributed by atoms with Crippen LogP contribution >= 0.6 is 0 Å². The molecule has 0 unspecified atom stereocenters. The molecule has 0 aliphatic carbocycles. The van der Waals surface area contributed by atoms with E-state index in [0.29, 0.717) is 37.1 Å². The molecule has 0 spiro atoms. The van der Waals surface area contributed by atoms with Crippen molar-refractivity contribution in [1.82, 2.24) is 19.7 Å². The van der Waals surface area contributed by atoms with Gasteiger partial charge in [-0.3, -0.25) is 9.48 Å². The molecule has 8 nitrogen and oxygen atoms in total. The van der Waals surface area contributed by atoms with Crippen LogP contribution in [-0.4, -0.2) is 51.9 Å². The van der Waals surface area contributed by atoms with E-state index in [1.54, 1.807) is 9.58 Å². The zero-order chi connectivity index (χ0) is 21.8. The van der Waals surface area contributed by atoms with Crippen LogP contribution in [0.4, 0.5) is 16.0 Å². The molecule has 0 saturated carbocycles. The van der Waals surface area contributed by atoms with Crippen molar-refractivity contribution in [2.45, 2.75) is 13.0 Å². The van der Waals surface area contributed by atoms with Gasteiger partial charge in [0.05, 0.1) is 18.8 Å². The third-order valence-corrected chi connectivity index (χ3v) is 5.07. The average molecular weight is 425 g/mol. The molecule has 31 heavy (non-hydrogen) atoms. The van der Waals surface area contributed by atoms with Crippen LogP contribution in [0, 0.1) is 12.7 Å². The highest BCUT2D eigenvalue weighted by Gasteiger charge is 2.26. The fourth-order valence-electron chi connectivity index (χ4n) is 3.28. The Morgan fingerprint density at radius 2 is 2.06 bits per heavy atom. The topological polar surface area (TPSA) is 81.5 Å². The molecule has 1 atom stereocenters. The van der Waals surface area contributed by atoms with Crippen molar-refractivity contribution in [2.24, 2.45) is 7.05 Å². The summed E-state index contributed by atoms with van der Waals surface area (Å²) >= 11 is 0. The van der Waals surface area contributed by atoms with E-state index < -0.39 is 0 Å². The van der Waals surface area contributed by atoms with Gasteiger partial charge in [0.2, 0.25) is 0 Å². The van der Waals surface area contributed by atoms with Crippen molar-refractivity contribution in [3.63, 3.8) is 0 Å². The molecule has 3 aromatic rings. The van der Waals surface area contributed by atoms with Crippen molar-refractivity contribution < 1.29 is 18.7 Å². The summed E-state index contributed by atoms with van der Waals surface area (Å²) in [6.45, 7) is 3.12. The number of carbonyl (C=O) groups is 1. The number of amides is 1. The van der Waals surface area contributed by atoms with Crippen LogP contribution in [0.2, 0.25) is 0 Å². The van der Waals surface area contributed by atoms with E-state index in [2.05, 4.69) is 15.4 Å². The van der Waals surface area contributed by atoms with Gasteiger partial charge in [-0.05, 0) is 43.3 Å². The zero-order valence-corrected chi connectivity index (χ0v) is 17.4. The summed E-state index contributed by atoms with van der Waals surface area (Å²) in [5.41, 5.74) is 1.76. The number of anilines is 2. The number of aryl methyl sites for hydroxylation is 2. The number of hydrogen-bond acceptors (Lipinski definition) is 6. The zero-order valence-electron chi connectivity index (χ0n) is 17.4. The number of rotatable bonds is 6. The van der Waals surface area contributed by atoms with Crippen LogP contribution in [-0.2, 0) is 16.6 Å². The third-order valence-electron chi connectivity index (χ3n) is 5.07. The second-order valence-electron chi connectivity index (χ2n) is 7.31. The first-order valence-electron chi connectivity index (χ1n) is 10.0. The van der Waals surface area contributed by atoms with Gasteiger partial charge < -0.3 is 19.7 Å². The largest absolute Gasteiger partial charge is 0.484 e. The first-order valence-corrected chi connectivity index (χ1v) is 10.0. The highest BCUT2D eigenvalue weighted by Crippen LogP contribution is 2.23. The number of nitrogens with zero attached hydrogens (tertiary/aromatic N) is 4. The quantitative estimate of drug-likeness (QED) is 0.654. The Bertz CT molecular complexity index is 1030. The van der Waals surface area contributed by atoms with Gasteiger partial charge in [-0.1, -0.05) is 6.07 Å². The molecule has 162 valence electrons. The lowest BCUT2D eigenvalue weighted by Crippen LogP contribution is -2.44. The Kier molecular flexibility index (Phi) is 6.13. The normalized spacial score (nSPS) is 16.2. The van der Waals surface area contributed by atoms with Gasteiger partial charge in [-0.25, -0.2) is 9.37 Å². The molecule has 1 amide bonds. The number of hydrogen-bond donors (Lipinski definition) is 1. The predicted molar refractivity (Wildman–Crippen MR) is 113 cm³/mol. The molecule has 0 bridgehead atoms. The van der Waals surface area contributed by atoms with Crippen LogP contribution in [0.1, 0.15) is 17.5 Å². The maximum absolute atomic E-state index is 13.0. The Hall–Kier alpha value is -3.46. The number of nitrogens with one attached hydrogen (secondary N) is 1. The maximum Gasteiger partial charge on any atom is 0.260 e. The average Bonchev–Trinajstić information content (AvgIpc) is 3.10. The highest BCUT2D eigenvalue weighted by molar-refractivity contribution is 5.78. The summed E-state index contributed by atoms with van der Waals surface area (Å²) in [5.74, 6) is 1.31. The van der Waals surface area contributed by atoms with Gasteiger partial charge in [0, 0.05) is 25.4 Å². The van der Waals surface area contributed by atoms with Crippen LogP contribution < -0.4 is 10.1 Å². The van der Waals surface area contributed by atoms with E-state index in [-0.39, 0.29) is 24.4 Å². The van der Waals surface area contributed by atoms with Gasteiger partial charge in [0.15, 0.2) is 12.4 Å². The number of benzene rings is 1. The molecule has 0 radical (unpaired) electrons. The summed E-state index contributed by atoms with van der Waals surface area (Å²) in [6.07, 6.45) is -0.337. The highest BCUT2D eigenvalue weighted by atomic mass is 19.1. The Morgan fingerprint density at radius 3 is 2.81 bits per heavy atom. The minimum absolute atomic E-state index is 0.119. The molecule has 3 heterocycles. The van der Waals surface area contributed by atoms with Crippen LogP contribution in [0.3, 0.4) is 0 Å². The van der Waals surface area contributed by atoms with Crippen LogP contribution in [0.15, 0.2) is 48.5 Å². The predicted octanol–water partition coefficient (Wildman–Crippen LogP) is 2.99. The Balaban J connectivity index is 1.37. The lowest BCUT2D eigenvalue weighted by Gasteiger charge is -2.32. The van der Waals surface area contributed by atoms with E-state index in [9.17, 15) is 9.18 Å². The fraction of sp³-hybridized carbons (Fsp3) is 0.318. The molecule has 1 aliphatic rings. The molecule has 9 heteroatoms. The Morgan fingerprint density at radius 1 is 1.26 bits per heavy atom. The van der Waals surface area contributed by atoms with E-state index in [1.165, 1.54) is 24.3 Å². The number of morpholine rings is 1. The lowest BCUT2D eigenvalue weighted by atomic mass is 10.2. The molecule has 4 rings (SSSR count). The van der Waals surface area contributed by atoms with Crippen molar-refractivity contribution in [2.75, 3.05) is 31.6 Å². The molecule has 1 N–H and O–H groups in total.